The summed E-state index contributed by atoms with van der Waals surface area (Å²) < 4.78 is 87.1. The summed E-state index contributed by atoms with van der Waals surface area (Å²) in [6.45, 7) is 8.79. The number of hydrogen-bond donors (Lipinski definition) is 2. The third-order valence-corrected chi connectivity index (χ3v) is 11.9. The average Bonchev–Trinajstić information content (AvgIpc) is 3.46. The second kappa shape index (κ2) is 15.6. The van der Waals surface area contributed by atoms with Gasteiger partial charge in [-0.3, -0.25) is 4.79 Å². The molecule has 2 atom stereocenters. The molecule has 2 N–H and O–H groups in total. The highest BCUT2D eigenvalue weighted by atomic mass is 35.5. The van der Waals surface area contributed by atoms with E-state index in [0.717, 1.165) is 12.8 Å². The molecule has 1 unspecified atom stereocenters. The standard InChI is InChI=1S/C36H45ClF3N7O8S/c1-33(2)19-23(20-46(33)32(49)50)7-6-16-45(21-24-22-54-34(3,4)55-24)26-8-5-9-29(41-26)56(51,52)44-31(48)25-10-11-27(42-30(25)37)47-17-12-28(43-47)53-18-15-35(13-14-35)36(38,39)40/h5,8-12,17,23-24H,6-7,13-16,18-22H2,1-4H3,(H,44,48)(H,49,50)/t23-,24?/m0/s1. The van der Waals surface area contributed by atoms with Crippen molar-refractivity contribution < 1.29 is 50.5 Å². The molecule has 3 aromatic rings. The summed E-state index contributed by atoms with van der Waals surface area (Å²) in [5, 5.41) is 13.0. The summed E-state index contributed by atoms with van der Waals surface area (Å²) in [5.41, 5.74) is -2.42. The van der Waals surface area contributed by atoms with Crippen molar-refractivity contribution in [3.63, 3.8) is 0 Å². The third kappa shape index (κ3) is 9.49. The van der Waals surface area contributed by atoms with Crippen LogP contribution >= 0.6 is 11.6 Å². The Balaban J connectivity index is 1.10. The SMILES string of the molecule is CC1(C)OCC(CN(CCC[C@@H]2CN(C(=O)O)C(C)(C)C2)c2cccc(S(=O)(=O)NC(=O)c3ccc(-n4ccc(OCCC5(C(F)(F)F)CC5)n4)nc3Cl)n2)O1. The minimum Gasteiger partial charge on any atom is -0.477 e. The molecule has 0 aromatic carbocycles. The Morgan fingerprint density at radius 2 is 1.88 bits per heavy atom. The Labute approximate surface area is 327 Å². The molecule has 3 fully saturated rings. The topological polar surface area (TPSA) is 178 Å². The number of likely N-dealkylation sites (tertiary alicyclic amines) is 1. The Bertz CT molecular complexity index is 2040. The van der Waals surface area contributed by atoms with E-state index >= 15 is 0 Å². The Kier molecular flexibility index (Phi) is 11.6. The Hall–Kier alpha value is -4.20. The molecule has 2 amide bonds. The molecule has 2 aliphatic heterocycles. The van der Waals surface area contributed by atoms with Crippen molar-refractivity contribution in [2.45, 2.75) is 94.9 Å². The number of nitrogens with zero attached hydrogens (tertiary/aromatic N) is 6. The van der Waals surface area contributed by atoms with Gasteiger partial charge in [0.25, 0.3) is 15.9 Å². The van der Waals surface area contributed by atoms with Gasteiger partial charge in [-0.2, -0.15) is 21.6 Å². The summed E-state index contributed by atoms with van der Waals surface area (Å²) in [6, 6.07) is 8.49. The highest BCUT2D eigenvalue weighted by Gasteiger charge is 2.62. The fourth-order valence-electron chi connectivity index (χ4n) is 7.26. The van der Waals surface area contributed by atoms with E-state index in [4.69, 9.17) is 25.8 Å². The number of rotatable bonds is 15. The molecule has 56 heavy (non-hydrogen) atoms. The Morgan fingerprint density at radius 1 is 1.12 bits per heavy atom. The van der Waals surface area contributed by atoms with Gasteiger partial charge in [-0.25, -0.2) is 24.2 Å². The second-order valence-electron chi connectivity index (χ2n) is 15.6. The van der Waals surface area contributed by atoms with Crippen molar-refractivity contribution in [3.8, 4) is 11.7 Å². The number of halogens is 4. The molecule has 20 heteroatoms. The molecule has 1 aliphatic carbocycles. The maximum atomic E-state index is 13.5. The van der Waals surface area contributed by atoms with Gasteiger partial charge < -0.3 is 29.1 Å². The third-order valence-electron chi connectivity index (χ3n) is 10.4. The number of carbonyl (C=O) groups is 2. The van der Waals surface area contributed by atoms with Crippen molar-refractivity contribution >= 4 is 39.4 Å². The molecule has 1 saturated carbocycles. The molecule has 306 valence electrons. The van der Waals surface area contributed by atoms with Crippen LogP contribution in [-0.4, -0.2) is 107 Å². The molecule has 0 bridgehead atoms. The molecule has 3 aliphatic rings. The molecule has 5 heterocycles. The number of aromatic nitrogens is 4. The van der Waals surface area contributed by atoms with Crippen molar-refractivity contribution in [1.29, 1.82) is 0 Å². The van der Waals surface area contributed by atoms with Crippen LogP contribution in [0.2, 0.25) is 5.15 Å². The zero-order valence-corrected chi connectivity index (χ0v) is 33.0. The first-order chi connectivity index (χ1) is 26.2. The first-order valence-corrected chi connectivity index (χ1v) is 20.1. The molecular weight excluding hydrogens is 783 g/mol. The maximum Gasteiger partial charge on any atom is 0.407 e. The van der Waals surface area contributed by atoms with Crippen LogP contribution in [0.25, 0.3) is 5.82 Å². The molecule has 15 nitrogen and oxygen atoms in total. The summed E-state index contributed by atoms with van der Waals surface area (Å²) >= 11 is 6.32. The fraction of sp³-hybridized carbons (Fsp3) is 0.583. The highest BCUT2D eigenvalue weighted by Crippen LogP contribution is 2.59. The van der Waals surface area contributed by atoms with Crippen LogP contribution in [0.1, 0.15) is 76.6 Å². The van der Waals surface area contributed by atoms with Gasteiger partial charge in [-0.15, -0.1) is 5.10 Å². The fourth-order valence-corrected chi connectivity index (χ4v) is 8.42. The number of pyridine rings is 2. The van der Waals surface area contributed by atoms with Crippen molar-refractivity contribution in [2.24, 2.45) is 11.3 Å². The van der Waals surface area contributed by atoms with Crippen LogP contribution in [-0.2, 0) is 19.5 Å². The highest BCUT2D eigenvalue weighted by molar-refractivity contribution is 7.90. The quantitative estimate of drug-likeness (QED) is 0.170. The minimum absolute atomic E-state index is 0.0694. The van der Waals surface area contributed by atoms with Crippen LogP contribution in [0.3, 0.4) is 0 Å². The van der Waals surface area contributed by atoms with Crippen LogP contribution < -0.4 is 14.4 Å². The largest absolute Gasteiger partial charge is 0.477 e. The van der Waals surface area contributed by atoms with Crippen LogP contribution in [0.4, 0.5) is 23.8 Å². The summed E-state index contributed by atoms with van der Waals surface area (Å²) in [7, 11) is -4.52. The van der Waals surface area contributed by atoms with Crippen molar-refractivity contribution in [3.05, 3.63) is 53.3 Å². The monoisotopic (exact) mass is 827 g/mol. The number of anilines is 1. The van der Waals surface area contributed by atoms with Crippen LogP contribution in [0.5, 0.6) is 5.88 Å². The predicted molar refractivity (Wildman–Crippen MR) is 196 cm³/mol. The molecule has 2 saturated heterocycles. The van der Waals surface area contributed by atoms with Crippen LogP contribution in [0, 0.1) is 11.3 Å². The van der Waals surface area contributed by atoms with Gasteiger partial charge in [0, 0.05) is 37.4 Å². The average molecular weight is 828 g/mol. The van der Waals surface area contributed by atoms with Gasteiger partial charge in [0.15, 0.2) is 16.6 Å². The molecule has 0 spiro atoms. The van der Waals surface area contributed by atoms with Crippen molar-refractivity contribution in [2.75, 3.05) is 37.7 Å². The van der Waals surface area contributed by atoms with Gasteiger partial charge in [-0.05, 0) is 96.4 Å². The lowest BCUT2D eigenvalue weighted by Crippen LogP contribution is -2.41. The normalized spacial score (nSPS) is 21.2. The number of hydrogen-bond acceptors (Lipinski definition) is 11. The van der Waals surface area contributed by atoms with E-state index in [-0.39, 0.29) is 60.3 Å². The number of sulfonamides is 1. The first kappa shape index (κ1) is 41.4. The minimum atomic E-state index is -4.52. The number of nitrogens with one attached hydrogen (secondary N) is 1. The van der Waals surface area contributed by atoms with E-state index in [0.29, 0.717) is 38.5 Å². The smallest absolute Gasteiger partial charge is 0.407 e. The summed E-state index contributed by atoms with van der Waals surface area (Å²) in [4.78, 5) is 36.9. The zero-order valence-electron chi connectivity index (χ0n) is 31.4. The molecule has 0 radical (unpaired) electrons. The van der Waals surface area contributed by atoms with E-state index in [2.05, 4.69) is 15.1 Å². The van der Waals surface area contributed by atoms with Gasteiger partial charge in [0.1, 0.15) is 17.1 Å². The van der Waals surface area contributed by atoms with E-state index in [1.54, 1.807) is 19.9 Å². The predicted octanol–water partition coefficient (Wildman–Crippen LogP) is 6.06. The zero-order chi connectivity index (χ0) is 40.7. The number of carboxylic acid groups (broad SMARTS) is 1. The number of amides is 2. The van der Waals surface area contributed by atoms with E-state index in [1.165, 1.54) is 46.1 Å². The first-order valence-electron chi connectivity index (χ1n) is 18.2. The Morgan fingerprint density at radius 3 is 2.50 bits per heavy atom. The van der Waals surface area contributed by atoms with Crippen molar-refractivity contribution in [1.82, 2.24) is 29.4 Å². The second-order valence-corrected chi connectivity index (χ2v) is 17.6. The van der Waals surface area contributed by atoms with Gasteiger partial charge >= 0.3 is 12.3 Å². The number of ether oxygens (including phenoxy) is 3. The van der Waals surface area contributed by atoms with E-state index < -0.39 is 50.0 Å². The maximum absolute atomic E-state index is 13.5. The van der Waals surface area contributed by atoms with E-state index in [9.17, 15) is 36.3 Å². The number of alkyl halides is 3. The van der Waals surface area contributed by atoms with Gasteiger partial charge in [0.05, 0.1) is 24.2 Å². The lowest BCUT2D eigenvalue weighted by molar-refractivity contribution is -0.190. The molecule has 3 aromatic heterocycles. The molecule has 6 rings (SSSR count). The lowest BCUT2D eigenvalue weighted by atomic mass is 9.93. The van der Waals surface area contributed by atoms with E-state index in [1.807, 2.05) is 23.5 Å². The number of carbonyl (C=O) groups excluding carboxylic acids is 1. The summed E-state index contributed by atoms with van der Waals surface area (Å²) in [5.74, 6) is -1.16. The van der Waals surface area contributed by atoms with Gasteiger partial charge in [-0.1, -0.05) is 17.7 Å². The van der Waals surface area contributed by atoms with Crippen LogP contribution in [0.15, 0.2) is 47.6 Å². The summed E-state index contributed by atoms with van der Waals surface area (Å²) in [6.07, 6.45) is -2.04. The van der Waals surface area contributed by atoms with Gasteiger partial charge in [0.2, 0.25) is 5.88 Å². The lowest BCUT2D eigenvalue weighted by Gasteiger charge is -2.28. The molecular formula is C36H45ClF3N7O8S.